The van der Waals surface area contributed by atoms with Crippen molar-refractivity contribution in [2.75, 3.05) is 32.8 Å². The van der Waals surface area contributed by atoms with Gasteiger partial charge in [-0.3, -0.25) is 5.43 Å². The van der Waals surface area contributed by atoms with Crippen LogP contribution in [0.1, 0.15) is 4.88 Å². The minimum atomic E-state index is 0.853. The van der Waals surface area contributed by atoms with Gasteiger partial charge in [0.2, 0.25) is 0 Å². The van der Waals surface area contributed by atoms with Gasteiger partial charge in [0.15, 0.2) is 0 Å². The van der Waals surface area contributed by atoms with Gasteiger partial charge in [-0.25, -0.2) is 5.01 Å². The van der Waals surface area contributed by atoms with E-state index in [1.54, 1.807) is 0 Å². The first kappa shape index (κ1) is 10.1. The molecule has 0 radical (unpaired) electrons. The average Bonchev–Trinajstić information content (AvgIpc) is 2.72. The molecule has 0 aromatic carbocycles. The van der Waals surface area contributed by atoms with Crippen LogP contribution in [0.4, 0.5) is 0 Å². The van der Waals surface area contributed by atoms with E-state index in [0.29, 0.717) is 0 Å². The number of nitrogens with zero attached hydrogens (tertiary/aromatic N) is 1. The van der Waals surface area contributed by atoms with E-state index >= 15 is 0 Å². The zero-order valence-electron chi connectivity index (χ0n) is 8.24. The summed E-state index contributed by atoms with van der Waals surface area (Å²) in [7, 11) is 0. The Morgan fingerprint density at radius 2 is 2.29 bits per heavy atom. The smallest absolute Gasteiger partial charge is 0.0608 e. The fourth-order valence-corrected chi connectivity index (χ4v) is 2.22. The predicted molar refractivity (Wildman–Crippen MR) is 58.4 cm³/mol. The van der Waals surface area contributed by atoms with Crippen molar-refractivity contribution >= 4 is 11.3 Å². The van der Waals surface area contributed by atoms with Gasteiger partial charge in [0.25, 0.3) is 0 Å². The summed E-state index contributed by atoms with van der Waals surface area (Å²) in [6, 6.07) is 4.29. The van der Waals surface area contributed by atoms with Gasteiger partial charge in [0.1, 0.15) is 0 Å². The molecule has 3 nitrogen and oxygen atoms in total. The first-order valence-corrected chi connectivity index (χ1v) is 5.92. The van der Waals surface area contributed by atoms with Gasteiger partial charge in [-0.05, 0) is 17.9 Å². The largest absolute Gasteiger partial charge is 0.379 e. The molecule has 1 aromatic rings. The Labute approximate surface area is 88.6 Å². The minimum Gasteiger partial charge on any atom is -0.379 e. The van der Waals surface area contributed by atoms with E-state index in [4.69, 9.17) is 4.74 Å². The summed E-state index contributed by atoms with van der Waals surface area (Å²) in [5.74, 6) is 0. The summed E-state index contributed by atoms with van der Waals surface area (Å²) in [6.45, 7) is 4.74. The lowest BCUT2D eigenvalue weighted by molar-refractivity contribution is 0.0124. The lowest BCUT2D eigenvalue weighted by Gasteiger charge is -2.27. The van der Waals surface area contributed by atoms with Crippen molar-refractivity contribution in [2.45, 2.75) is 6.42 Å². The monoisotopic (exact) mass is 212 g/mol. The lowest BCUT2D eigenvalue weighted by Crippen LogP contribution is -2.46. The summed E-state index contributed by atoms with van der Waals surface area (Å²) in [6.07, 6.45) is 1.12. The van der Waals surface area contributed by atoms with E-state index in [1.165, 1.54) is 4.88 Å². The molecule has 0 atom stereocenters. The average molecular weight is 212 g/mol. The number of ether oxygens (including phenoxy) is 1. The van der Waals surface area contributed by atoms with Crippen LogP contribution in [0.3, 0.4) is 0 Å². The summed E-state index contributed by atoms with van der Waals surface area (Å²) in [5, 5.41) is 4.38. The van der Waals surface area contributed by atoms with E-state index in [2.05, 4.69) is 27.9 Å². The van der Waals surface area contributed by atoms with E-state index in [1.807, 2.05) is 11.3 Å². The molecule has 4 heteroatoms. The van der Waals surface area contributed by atoms with Crippen molar-refractivity contribution in [1.29, 1.82) is 0 Å². The van der Waals surface area contributed by atoms with Gasteiger partial charge in [0, 0.05) is 24.5 Å². The SMILES string of the molecule is c1csc(CCNN2CCOCC2)c1. The third-order valence-corrected chi connectivity index (χ3v) is 3.23. The van der Waals surface area contributed by atoms with Gasteiger partial charge < -0.3 is 4.74 Å². The second kappa shape index (κ2) is 5.46. The minimum absolute atomic E-state index is 0.853. The first-order valence-electron chi connectivity index (χ1n) is 5.04. The van der Waals surface area contributed by atoms with Crippen molar-refractivity contribution < 1.29 is 4.74 Å². The highest BCUT2D eigenvalue weighted by molar-refractivity contribution is 7.09. The topological polar surface area (TPSA) is 24.5 Å². The van der Waals surface area contributed by atoms with E-state index in [-0.39, 0.29) is 0 Å². The Bertz CT molecular complexity index is 245. The Morgan fingerprint density at radius 3 is 3.00 bits per heavy atom. The predicted octanol–water partition coefficient (Wildman–Crippen LogP) is 1.13. The molecule has 0 amide bonds. The molecule has 0 bridgehead atoms. The maximum atomic E-state index is 5.27. The molecule has 78 valence electrons. The highest BCUT2D eigenvalue weighted by Gasteiger charge is 2.08. The molecule has 0 saturated carbocycles. The molecule has 1 aliphatic rings. The van der Waals surface area contributed by atoms with Crippen molar-refractivity contribution in [1.82, 2.24) is 10.4 Å². The number of hydrogen-bond donors (Lipinski definition) is 1. The number of thiophene rings is 1. The van der Waals surface area contributed by atoms with Crippen LogP contribution in [-0.4, -0.2) is 37.9 Å². The molecular formula is C10H16N2OS. The van der Waals surface area contributed by atoms with Gasteiger partial charge in [0.05, 0.1) is 13.2 Å². The number of morpholine rings is 1. The number of nitrogens with one attached hydrogen (secondary N) is 1. The van der Waals surface area contributed by atoms with Crippen molar-refractivity contribution in [3.63, 3.8) is 0 Å². The Balaban J connectivity index is 1.62. The van der Waals surface area contributed by atoms with Gasteiger partial charge in [-0.1, -0.05) is 6.07 Å². The highest BCUT2D eigenvalue weighted by Crippen LogP contribution is 2.08. The van der Waals surface area contributed by atoms with Gasteiger partial charge in [-0.15, -0.1) is 11.3 Å². The molecule has 1 N–H and O–H groups in total. The Morgan fingerprint density at radius 1 is 1.43 bits per heavy atom. The normalized spacial score (nSPS) is 18.6. The molecule has 1 fully saturated rings. The van der Waals surface area contributed by atoms with Crippen molar-refractivity contribution in [3.05, 3.63) is 22.4 Å². The van der Waals surface area contributed by atoms with Crippen LogP contribution in [0.25, 0.3) is 0 Å². The molecular weight excluding hydrogens is 196 g/mol. The summed E-state index contributed by atoms with van der Waals surface area (Å²) in [4.78, 5) is 1.45. The van der Waals surface area contributed by atoms with E-state index < -0.39 is 0 Å². The third-order valence-electron chi connectivity index (χ3n) is 2.30. The van der Waals surface area contributed by atoms with E-state index in [0.717, 1.165) is 39.3 Å². The van der Waals surface area contributed by atoms with Gasteiger partial charge >= 0.3 is 0 Å². The third kappa shape index (κ3) is 3.06. The Hall–Kier alpha value is -0.420. The van der Waals surface area contributed by atoms with Crippen LogP contribution in [0, 0.1) is 0 Å². The van der Waals surface area contributed by atoms with Crippen LogP contribution >= 0.6 is 11.3 Å². The first-order chi connectivity index (χ1) is 6.95. The summed E-state index contributed by atoms with van der Waals surface area (Å²) < 4.78 is 5.27. The van der Waals surface area contributed by atoms with Crippen LogP contribution in [0.2, 0.25) is 0 Å². The molecule has 1 aliphatic heterocycles. The molecule has 2 rings (SSSR count). The molecule has 0 unspecified atom stereocenters. The zero-order valence-corrected chi connectivity index (χ0v) is 9.05. The number of hydrazine groups is 1. The quantitative estimate of drug-likeness (QED) is 0.809. The second-order valence-electron chi connectivity index (χ2n) is 3.34. The second-order valence-corrected chi connectivity index (χ2v) is 4.37. The van der Waals surface area contributed by atoms with Crippen LogP contribution < -0.4 is 5.43 Å². The maximum Gasteiger partial charge on any atom is 0.0608 e. The summed E-state index contributed by atoms with van der Waals surface area (Å²) in [5.41, 5.74) is 3.42. The molecule has 1 aromatic heterocycles. The lowest BCUT2D eigenvalue weighted by atomic mass is 10.3. The van der Waals surface area contributed by atoms with Gasteiger partial charge in [-0.2, -0.15) is 0 Å². The van der Waals surface area contributed by atoms with Crippen molar-refractivity contribution in [3.8, 4) is 0 Å². The van der Waals surface area contributed by atoms with Crippen LogP contribution in [0.5, 0.6) is 0 Å². The number of rotatable bonds is 4. The van der Waals surface area contributed by atoms with Crippen LogP contribution in [0.15, 0.2) is 17.5 Å². The standard InChI is InChI=1S/C10H16N2OS/c1-2-10(14-9-1)3-4-11-12-5-7-13-8-6-12/h1-2,9,11H,3-8H2. The molecule has 0 spiro atoms. The van der Waals surface area contributed by atoms with Crippen LogP contribution in [-0.2, 0) is 11.2 Å². The Kier molecular flexibility index (Phi) is 3.94. The van der Waals surface area contributed by atoms with Crippen molar-refractivity contribution in [2.24, 2.45) is 0 Å². The number of hydrogen-bond acceptors (Lipinski definition) is 4. The maximum absolute atomic E-state index is 5.27. The fraction of sp³-hybridized carbons (Fsp3) is 0.600. The molecule has 2 heterocycles. The molecule has 14 heavy (non-hydrogen) atoms. The van der Waals surface area contributed by atoms with E-state index in [9.17, 15) is 0 Å². The summed E-state index contributed by atoms with van der Waals surface area (Å²) >= 11 is 1.83. The zero-order chi connectivity index (χ0) is 9.64. The molecule has 0 aliphatic carbocycles. The highest BCUT2D eigenvalue weighted by atomic mass is 32.1. The molecule has 1 saturated heterocycles. The fourth-order valence-electron chi connectivity index (χ4n) is 1.51.